The minimum atomic E-state index is -0.180. The second kappa shape index (κ2) is 6.39. The molecule has 3 rings (SSSR count). The maximum atomic E-state index is 12.6. The van der Waals surface area contributed by atoms with E-state index in [-0.39, 0.29) is 16.8 Å². The third-order valence-electron chi connectivity index (χ3n) is 4.74. The van der Waals surface area contributed by atoms with Crippen LogP contribution in [0.4, 0.5) is 0 Å². The van der Waals surface area contributed by atoms with Gasteiger partial charge in [0, 0.05) is 18.1 Å². The molecule has 2 bridgehead atoms. The molecule has 4 nitrogen and oxygen atoms in total. The average Bonchev–Trinajstić information content (AvgIpc) is 2.50. The van der Waals surface area contributed by atoms with Gasteiger partial charge in [-0.1, -0.05) is 36.8 Å². The van der Waals surface area contributed by atoms with Crippen molar-refractivity contribution in [3.8, 4) is 0 Å². The highest BCUT2D eigenvalue weighted by molar-refractivity contribution is 6.29. The number of allylic oxidation sites excluding steroid dienone is 1. The fraction of sp³-hybridized carbons (Fsp3) is 0.529. The van der Waals surface area contributed by atoms with Crippen LogP contribution in [0, 0.1) is 0 Å². The molecule has 118 valence electrons. The van der Waals surface area contributed by atoms with Crippen molar-refractivity contribution in [2.75, 3.05) is 0 Å². The molecule has 2 atom stereocenters. The van der Waals surface area contributed by atoms with Crippen LogP contribution in [0.3, 0.4) is 0 Å². The number of hydrogen-bond acceptors (Lipinski definition) is 3. The van der Waals surface area contributed by atoms with Gasteiger partial charge in [0.15, 0.2) is 5.15 Å². The molecule has 1 aromatic heterocycles. The second-order valence-electron chi connectivity index (χ2n) is 6.16. The Kier molecular flexibility index (Phi) is 4.50. The van der Waals surface area contributed by atoms with Crippen molar-refractivity contribution >= 4 is 23.8 Å². The Bertz CT molecular complexity index is 740. The highest BCUT2D eigenvalue weighted by atomic mass is 35.5. The van der Waals surface area contributed by atoms with E-state index in [1.807, 2.05) is 17.6 Å². The van der Waals surface area contributed by atoms with Crippen molar-refractivity contribution in [1.82, 2.24) is 14.9 Å². The zero-order valence-electron chi connectivity index (χ0n) is 12.9. The van der Waals surface area contributed by atoms with Crippen molar-refractivity contribution in [2.24, 2.45) is 0 Å². The first kappa shape index (κ1) is 15.5. The third kappa shape index (κ3) is 2.77. The van der Waals surface area contributed by atoms with Crippen molar-refractivity contribution in [3.05, 3.63) is 38.9 Å². The summed E-state index contributed by atoms with van der Waals surface area (Å²) in [6.45, 7) is 5.66. The molecule has 0 amide bonds. The predicted molar refractivity (Wildman–Crippen MR) is 90.4 cm³/mol. The average molecular weight is 320 g/mol. The topological polar surface area (TPSA) is 46.9 Å². The van der Waals surface area contributed by atoms with E-state index in [9.17, 15) is 4.79 Å². The lowest BCUT2D eigenvalue weighted by atomic mass is 9.84. The van der Waals surface area contributed by atoms with Gasteiger partial charge in [-0.05, 0) is 38.7 Å². The molecule has 3 heterocycles. The van der Waals surface area contributed by atoms with Gasteiger partial charge in [0.05, 0.1) is 10.7 Å². The Labute approximate surface area is 135 Å². The molecule has 2 unspecified atom stereocenters. The van der Waals surface area contributed by atoms with Gasteiger partial charge in [0.25, 0.3) is 5.56 Å². The monoisotopic (exact) mass is 319 g/mol. The Morgan fingerprint density at radius 1 is 1.36 bits per heavy atom. The Hall–Kier alpha value is -1.39. The van der Waals surface area contributed by atoms with Gasteiger partial charge in [0.2, 0.25) is 0 Å². The predicted octanol–water partition coefficient (Wildman–Crippen LogP) is 1.51. The number of hydrogen-bond donors (Lipinski definition) is 1. The largest absolute Gasteiger partial charge is 0.311 e. The number of fused-ring (bicyclic) bond motifs is 2. The fourth-order valence-electron chi connectivity index (χ4n) is 3.87. The molecule has 2 saturated heterocycles. The lowest BCUT2D eigenvalue weighted by Gasteiger charge is -2.41. The normalized spacial score (nSPS) is 29.6. The molecule has 0 aromatic carbocycles. The van der Waals surface area contributed by atoms with Gasteiger partial charge in [-0.15, -0.1) is 0 Å². The van der Waals surface area contributed by atoms with Crippen LogP contribution in [0.1, 0.15) is 45.1 Å². The number of piperidine rings is 2. The molecule has 2 aliphatic heterocycles. The van der Waals surface area contributed by atoms with Crippen LogP contribution in [0.15, 0.2) is 17.4 Å². The maximum absolute atomic E-state index is 12.6. The van der Waals surface area contributed by atoms with Crippen LogP contribution in [-0.2, 0) is 0 Å². The summed E-state index contributed by atoms with van der Waals surface area (Å²) in [5.74, 6) is 0. The third-order valence-corrected chi connectivity index (χ3v) is 4.99. The van der Waals surface area contributed by atoms with Gasteiger partial charge in [-0.3, -0.25) is 4.79 Å². The summed E-state index contributed by atoms with van der Waals surface area (Å²) in [6.07, 6.45) is 11.0. The van der Waals surface area contributed by atoms with E-state index in [4.69, 9.17) is 11.6 Å². The highest BCUT2D eigenvalue weighted by Gasteiger charge is 2.33. The summed E-state index contributed by atoms with van der Waals surface area (Å²) in [4.78, 5) is 16.8. The van der Waals surface area contributed by atoms with Gasteiger partial charge in [-0.2, -0.15) is 0 Å². The van der Waals surface area contributed by atoms with Gasteiger partial charge >= 0.3 is 0 Å². The maximum Gasteiger partial charge on any atom is 0.288 e. The summed E-state index contributed by atoms with van der Waals surface area (Å²) in [6, 6.07) is 1.20. The molecule has 22 heavy (non-hydrogen) atoms. The molecular formula is C17H22ClN3O. The highest BCUT2D eigenvalue weighted by Crippen LogP contribution is 2.31. The standard InChI is InChI=1S/C17H22ClN3O/c1-3-6-14-15(4-2)21(17(22)16(18)20-14)13-9-11-7-5-8-12(10-13)19-11/h3-4,6,11-13,19H,1,5,7-10H2,2H3/b14-6+,15-4+. The summed E-state index contributed by atoms with van der Waals surface area (Å²) < 4.78 is 1.86. The van der Waals surface area contributed by atoms with Crippen molar-refractivity contribution < 1.29 is 0 Å². The van der Waals surface area contributed by atoms with Crippen LogP contribution in [-0.4, -0.2) is 21.6 Å². The van der Waals surface area contributed by atoms with Gasteiger partial charge < -0.3 is 9.88 Å². The van der Waals surface area contributed by atoms with Crippen molar-refractivity contribution in [1.29, 1.82) is 0 Å². The lowest BCUT2D eigenvalue weighted by molar-refractivity contribution is 0.184. The van der Waals surface area contributed by atoms with Crippen molar-refractivity contribution in [3.63, 3.8) is 0 Å². The van der Waals surface area contributed by atoms with E-state index < -0.39 is 0 Å². The molecule has 0 radical (unpaired) electrons. The molecule has 0 aliphatic carbocycles. The van der Waals surface area contributed by atoms with E-state index >= 15 is 0 Å². The summed E-state index contributed by atoms with van der Waals surface area (Å²) in [5, 5.41) is 5.27. The lowest BCUT2D eigenvalue weighted by Crippen LogP contribution is -2.54. The Morgan fingerprint density at radius 3 is 2.64 bits per heavy atom. The summed E-state index contributed by atoms with van der Waals surface area (Å²) in [5.41, 5.74) is -0.180. The van der Waals surface area contributed by atoms with Crippen molar-refractivity contribution in [2.45, 2.75) is 57.2 Å². The minimum Gasteiger partial charge on any atom is -0.311 e. The van der Waals surface area contributed by atoms with Crippen LogP contribution in [0.2, 0.25) is 5.15 Å². The number of nitrogens with zero attached hydrogens (tertiary/aromatic N) is 2. The SMILES string of the molecule is C=C/C=c1/nc(Cl)c(=O)n(C2CC3CCCC(C2)N3)/c1=C/C. The number of nitrogens with one attached hydrogen (secondary N) is 1. The number of halogens is 1. The summed E-state index contributed by atoms with van der Waals surface area (Å²) >= 11 is 6.10. The Balaban J connectivity index is 2.16. The molecule has 1 N–H and O–H groups in total. The first-order valence-corrected chi connectivity index (χ1v) is 8.35. The molecule has 2 fully saturated rings. The van der Waals surface area contributed by atoms with E-state index in [1.54, 1.807) is 12.2 Å². The van der Waals surface area contributed by atoms with E-state index in [0.29, 0.717) is 17.4 Å². The van der Waals surface area contributed by atoms with Gasteiger partial charge in [0.1, 0.15) is 0 Å². The van der Waals surface area contributed by atoms with E-state index in [2.05, 4.69) is 16.9 Å². The van der Waals surface area contributed by atoms with Crippen LogP contribution >= 0.6 is 11.6 Å². The zero-order valence-corrected chi connectivity index (χ0v) is 13.6. The molecule has 2 aliphatic rings. The smallest absolute Gasteiger partial charge is 0.288 e. The fourth-order valence-corrected chi connectivity index (χ4v) is 4.06. The zero-order chi connectivity index (χ0) is 15.7. The Morgan fingerprint density at radius 2 is 2.05 bits per heavy atom. The van der Waals surface area contributed by atoms with E-state index in [1.165, 1.54) is 19.3 Å². The molecular weight excluding hydrogens is 298 g/mol. The molecule has 5 heteroatoms. The molecule has 1 aromatic rings. The quantitative estimate of drug-likeness (QED) is 0.899. The molecule has 0 saturated carbocycles. The number of aromatic nitrogens is 2. The van der Waals surface area contributed by atoms with Crippen LogP contribution < -0.4 is 21.6 Å². The molecule has 0 spiro atoms. The minimum absolute atomic E-state index is 0.0439. The summed E-state index contributed by atoms with van der Waals surface area (Å²) in [7, 11) is 0. The van der Waals surface area contributed by atoms with Crippen LogP contribution in [0.5, 0.6) is 0 Å². The van der Waals surface area contributed by atoms with Crippen LogP contribution in [0.25, 0.3) is 12.2 Å². The second-order valence-corrected chi connectivity index (χ2v) is 6.51. The van der Waals surface area contributed by atoms with Gasteiger partial charge in [-0.25, -0.2) is 4.98 Å². The van der Waals surface area contributed by atoms with E-state index in [0.717, 1.165) is 18.2 Å². The first-order valence-electron chi connectivity index (χ1n) is 7.97. The first-order chi connectivity index (χ1) is 10.6. The number of rotatable bonds is 2.